The largest absolute Gasteiger partial charge is 0.497 e. The van der Waals surface area contributed by atoms with Gasteiger partial charge in [0, 0.05) is 12.5 Å². The SMILES string of the molecule is COc1cccc(C[C@@H](C(=O)NC2CCCC2)n2nnnc2C)c1. The van der Waals surface area contributed by atoms with E-state index in [0.717, 1.165) is 24.2 Å². The summed E-state index contributed by atoms with van der Waals surface area (Å²) in [6, 6.07) is 7.54. The lowest BCUT2D eigenvalue weighted by Gasteiger charge is -2.20. The predicted octanol–water partition coefficient (Wildman–Crippen LogP) is 1.83. The average molecular weight is 329 g/mol. The van der Waals surface area contributed by atoms with Gasteiger partial charge in [0.2, 0.25) is 5.91 Å². The van der Waals surface area contributed by atoms with Gasteiger partial charge < -0.3 is 10.1 Å². The molecule has 1 saturated carbocycles. The van der Waals surface area contributed by atoms with Gasteiger partial charge in [0.25, 0.3) is 0 Å². The lowest BCUT2D eigenvalue weighted by Crippen LogP contribution is -2.40. The molecular formula is C17H23N5O2. The number of rotatable bonds is 6. The number of aryl methyl sites for hydroxylation is 1. The van der Waals surface area contributed by atoms with Crippen LogP contribution in [-0.4, -0.2) is 39.3 Å². The van der Waals surface area contributed by atoms with Crippen molar-refractivity contribution in [3.63, 3.8) is 0 Å². The van der Waals surface area contributed by atoms with Crippen LogP contribution in [0, 0.1) is 6.92 Å². The summed E-state index contributed by atoms with van der Waals surface area (Å²) in [6.45, 7) is 1.81. The van der Waals surface area contributed by atoms with Crippen molar-refractivity contribution in [3.8, 4) is 5.75 Å². The zero-order valence-electron chi connectivity index (χ0n) is 14.1. The fourth-order valence-electron chi connectivity index (χ4n) is 3.21. The monoisotopic (exact) mass is 329 g/mol. The Kier molecular flexibility index (Phi) is 5.08. The number of nitrogens with zero attached hydrogens (tertiary/aromatic N) is 4. The van der Waals surface area contributed by atoms with Crippen LogP contribution in [0.4, 0.5) is 0 Å². The standard InChI is InChI=1S/C17H23N5O2/c1-12-19-20-21-22(12)16(17(23)18-14-7-3-4-8-14)11-13-6-5-9-15(10-13)24-2/h5-6,9-10,14,16H,3-4,7-8,11H2,1-2H3,(H,18,23)/t16-/m0/s1. The Morgan fingerprint density at radius 2 is 2.21 bits per heavy atom. The molecule has 1 N–H and O–H groups in total. The minimum Gasteiger partial charge on any atom is -0.497 e. The van der Waals surface area contributed by atoms with E-state index in [9.17, 15) is 4.79 Å². The number of carbonyl (C=O) groups excluding carboxylic acids is 1. The van der Waals surface area contributed by atoms with Crippen molar-refractivity contribution >= 4 is 5.91 Å². The first kappa shape index (κ1) is 16.4. The van der Waals surface area contributed by atoms with Gasteiger partial charge >= 0.3 is 0 Å². The summed E-state index contributed by atoms with van der Waals surface area (Å²) < 4.78 is 6.87. The highest BCUT2D eigenvalue weighted by atomic mass is 16.5. The van der Waals surface area contributed by atoms with Crippen molar-refractivity contribution in [3.05, 3.63) is 35.7 Å². The summed E-state index contributed by atoms with van der Waals surface area (Å²) >= 11 is 0. The molecule has 0 unspecified atom stereocenters. The number of carbonyl (C=O) groups is 1. The van der Waals surface area contributed by atoms with Crippen molar-refractivity contribution in [2.75, 3.05) is 7.11 Å². The molecule has 1 atom stereocenters. The van der Waals surface area contributed by atoms with E-state index in [1.807, 2.05) is 24.3 Å². The third kappa shape index (κ3) is 3.72. The van der Waals surface area contributed by atoms with Gasteiger partial charge in [-0.2, -0.15) is 0 Å². The summed E-state index contributed by atoms with van der Waals surface area (Å²) in [6.07, 6.45) is 4.96. The molecule has 1 fully saturated rings. The van der Waals surface area contributed by atoms with Gasteiger partial charge in [0.05, 0.1) is 7.11 Å². The predicted molar refractivity (Wildman–Crippen MR) is 88.7 cm³/mol. The van der Waals surface area contributed by atoms with Gasteiger partial charge in [-0.05, 0) is 47.9 Å². The lowest BCUT2D eigenvalue weighted by atomic mass is 10.0. The van der Waals surface area contributed by atoms with E-state index in [1.165, 1.54) is 12.8 Å². The Morgan fingerprint density at radius 3 is 2.88 bits per heavy atom. The Labute approximate surface area is 141 Å². The Hall–Kier alpha value is -2.44. The Bertz CT molecular complexity index is 694. The van der Waals surface area contributed by atoms with Crippen LogP contribution in [0.1, 0.15) is 43.1 Å². The molecule has 1 aromatic carbocycles. The smallest absolute Gasteiger partial charge is 0.245 e. The molecule has 1 aliphatic rings. The van der Waals surface area contributed by atoms with Crippen LogP contribution in [0.3, 0.4) is 0 Å². The Balaban J connectivity index is 1.81. The highest BCUT2D eigenvalue weighted by Crippen LogP contribution is 2.22. The molecule has 1 heterocycles. The zero-order valence-corrected chi connectivity index (χ0v) is 14.1. The second-order valence-corrected chi connectivity index (χ2v) is 6.23. The maximum Gasteiger partial charge on any atom is 0.245 e. The molecule has 0 saturated heterocycles. The van der Waals surface area contributed by atoms with Crippen LogP contribution >= 0.6 is 0 Å². The normalized spacial score (nSPS) is 16.1. The third-order valence-corrected chi connectivity index (χ3v) is 4.52. The Morgan fingerprint density at radius 1 is 1.42 bits per heavy atom. The van der Waals surface area contributed by atoms with E-state index >= 15 is 0 Å². The van der Waals surface area contributed by atoms with Gasteiger partial charge in [-0.3, -0.25) is 4.79 Å². The molecule has 1 aliphatic carbocycles. The molecule has 0 bridgehead atoms. The van der Waals surface area contributed by atoms with E-state index in [4.69, 9.17) is 4.74 Å². The zero-order chi connectivity index (χ0) is 16.9. The first-order valence-corrected chi connectivity index (χ1v) is 8.35. The molecule has 1 amide bonds. The number of aromatic nitrogens is 4. The number of hydrogen-bond donors (Lipinski definition) is 1. The minimum absolute atomic E-state index is 0.0277. The van der Waals surface area contributed by atoms with E-state index in [0.29, 0.717) is 12.2 Å². The van der Waals surface area contributed by atoms with Crippen LogP contribution in [0.15, 0.2) is 24.3 Å². The molecule has 0 aliphatic heterocycles. The summed E-state index contributed by atoms with van der Waals surface area (Å²) in [4.78, 5) is 12.8. The lowest BCUT2D eigenvalue weighted by molar-refractivity contribution is -0.125. The molecular weight excluding hydrogens is 306 g/mol. The number of amides is 1. The van der Waals surface area contributed by atoms with Crippen molar-refractivity contribution in [1.82, 2.24) is 25.5 Å². The fourth-order valence-corrected chi connectivity index (χ4v) is 3.21. The van der Waals surface area contributed by atoms with Crippen molar-refractivity contribution < 1.29 is 9.53 Å². The van der Waals surface area contributed by atoms with Crippen LogP contribution in [0.25, 0.3) is 0 Å². The average Bonchev–Trinajstić information content (AvgIpc) is 3.24. The van der Waals surface area contributed by atoms with Gasteiger partial charge in [0.15, 0.2) is 0 Å². The molecule has 128 valence electrons. The van der Waals surface area contributed by atoms with Crippen LogP contribution in [0.5, 0.6) is 5.75 Å². The number of hydrogen-bond acceptors (Lipinski definition) is 5. The quantitative estimate of drug-likeness (QED) is 0.874. The number of tetrazole rings is 1. The van der Waals surface area contributed by atoms with E-state index < -0.39 is 6.04 Å². The molecule has 7 nitrogen and oxygen atoms in total. The van der Waals surface area contributed by atoms with Gasteiger partial charge in [-0.15, -0.1) is 5.10 Å². The number of nitrogens with one attached hydrogen (secondary N) is 1. The van der Waals surface area contributed by atoms with Crippen LogP contribution in [-0.2, 0) is 11.2 Å². The number of benzene rings is 1. The van der Waals surface area contributed by atoms with Crippen LogP contribution < -0.4 is 10.1 Å². The number of methoxy groups -OCH3 is 1. The molecule has 1 aromatic heterocycles. The molecule has 2 aromatic rings. The minimum atomic E-state index is -0.465. The molecule has 7 heteroatoms. The molecule has 24 heavy (non-hydrogen) atoms. The highest BCUT2D eigenvalue weighted by Gasteiger charge is 2.27. The number of ether oxygens (including phenoxy) is 1. The highest BCUT2D eigenvalue weighted by molar-refractivity contribution is 5.81. The van der Waals surface area contributed by atoms with Crippen molar-refractivity contribution in [2.24, 2.45) is 0 Å². The van der Waals surface area contributed by atoms with Gasteiger partial charge in [-0.1, -0.05) is 25.0 Å². The third-order valence-electron chi connectivity index (χ3n) is 4.52. The van der Waals surface area contributed by atoms with Gasteiger partial charge in [0.1, 0.15) is 17.6 Å². The maximum atomic E-state index is 12.8. The van der Waals surface area contributed by atoms with Crippen molar-refractivity contribution in [1.29, 1.82) is 0 Å². The first-order valence-electron chi connectivity index (χ1n) is 8.35. The van der Waals surface area contributed by atoms with Gasteiger partial charge in [-0.25, -0.2) is 4.68 Å². The molecule has 0 radical (unpaired) electrons. The second-order valence-electron chi connectivity index (χ2n) is 6.23. The van der Waals surface area contributed by atoms with E-state index in [2.05, 4.69) is 20.8 Å². The first-order chi connectivity index (χ1) is 11.7. The van der Waals surface area contributed by atoms with E-state index in [-0.39, 0.29) is 11.9 Å². The topological polar surface area (TPSA) is 81.9 Å². The fraction of sp³-hybridized carbons (Fsp3) is 0.529. The summed E-state index contributed by atoms with van der Waals surface area (Å²) in [5.74, 6) is 1.38. The maximum absolute atomic E-state index is 12.8. The molecule has 0 spiro atoms. The summed E-state index contributed by atoms with van der Waals surface area (Å²) in [5.41, 5.74) is 1.01. The van der Waals surface area contributed by atoms with E-state index in [1.54, 1.807) is 18.7 Å². The molecule has 3 rings (SSSR count). The summed E-state index contributed by atoms with van der Waals surface area (Å²) in [7, 11) is 1.63. The second kappa shape index (κ2) is 7.42. The van der Waals surface area contributed by atoms with Crippen molar-refractivity contribution in [2.45, 2.75) is 51.1 Å². The van der Waals surface area contributed by atoms with Crippen LogP contribution in [0.2, 0.25) is 0 Å². The summed E-state index contributed by atoms with van der Waals surface area (Å²) in [5, 5.41) is 14.8.